The summed E-state index contributed by atoms with van der Waals surface area (Å²) in [5.41, 5.74) is 0.938. The van der Waals surface area contributed by atoms with Gasteiger partial charge in [0.15, 0.2) is 5.69 Å². The number of carbonyl (C=O) groups is 3. The van der Waals surface area contributed by atoms with E-state index < -0.39 is 0 Å². The quantitative estimate of drug-likeness (QED) is 0.744. The van der Waals surface area contributed by atoms with Gasteiger partial charge in [0.05, 0.1) is 5.52 Å². The summed E-state index contributed by atoms with van der Waals surface area (Å²) < 4.78 is 1.72. The van der Waals surface area contributed by atoms with E-state index >= 15 is 0 Å². The zero-order valence-electron chi connectivity index (χ0n) is 16.1. The summed E-state index contributed by atoms with van der Waals surface area (Å²) in [6, 6.07) is 5.49. The number of amides is 3. The standard InChI is InChI=1S/C20H25N5O3/c1-15-5-8-23(9-6-15)20(28)18-21-17(16-4-2-3-7-25(16)18)19(27)24-12-10-22(14-26)11-13-24/h2-4,7,14-15H,5-6,8-13H2,1H3. The third-order valence-electron chi connectivity index (χ3n) is 5.76. The maximum Gasteiger partial charge on any atom is 0.290 e. The summed E-state index contributed by atoms with van der Waals surface area (Å²) in [6.07, 6.45) is 4.57. The van der Waals surface area contributed by atoms with Crippen LogP contribution in [-0.4, -0.2) is 81.6 Å². The molecule has 0 aromatic carbocycles. The van der Waals surface area contributed by atoms with E-state index in [1.165, 1.54) is 0 Å². The summed E-state index contributed by atoms with van der Waals surface area (Å²) in [5.74, 6) is 0.599. The van der Waals surface area contributed by atoms with Crippen LogP contribution in [0.4, 0.5) is 0 Å². The fourth-order valence-electron chi connectivity index (χ4n) is 3.88. The summed E-state index contributed by atoms with van der Waals surface area (Å²) >= 11 is 0. The Hall–Kier alpha value is -2.90. The molecule has 0 spiro atoms. The van der Waals surface area contributed by atoms with Crippen LogP contribution in [0.25, 0.3) is 5.52 Å². The van der Waals surface area contributed by atoms with Crippen LogP contribution in [0.1, 0.15) is 40.9 Å². The first-order valence-electron chi connectivity index (χ1n) is 9.83. The fraction of sp³-hybridized carbons (Fsp3) is 0.500. The van der Waals surface area contributed by atoms with Gasteiger partial charge in [-0.1, -0.05) is 13.0 Å². The highest BCUT2D eigenvalue weighted by Crippen LogP contribution is 2.21. The molecule has 2 aliphatic heterocycles. The number of hydrogen-bond donors (Lipinski definition) is 0. The van der Waals surface area contributed by atoms with Gasteiger partial charge < -0.3 is 14.7 Å². The monoisotopic (exact) mass is 383 g/mol. The number of rotatable bonds is 3. The van der Waals surface area contributed by atoms with E-state index in [9.17, 15) is 14.4 Å². The first-order chi connectivity index (χ1) is 13.6. The number of likely N-dealkylation sites (tertiary alicyclic amines) is 1. The molecule has 2 fully saturated rings. The third kappa shape index (κ3) is 3.34. The molecule has 3 amide bonds. The van der Waals surface area contributed by atoms with E-state index in [4.69, 9.17) is 0 Å². The van der Waals surface area contributed by atoms with Gasteiger partial charge in [-0.25, -0.2) is 4.98 Å². The number of aromatic nitrogens is 2. The molecular formula is C20H25N5O3. The number of pyridine rings is 1. The van der Waals surface area contributed by atoms with Gasteiger partial charge in [0.2, 0.25) is 12.2 Å². The Morgan fingerprint density at radius 2 is 1.68 bits per heavy atom. The Balaban J connectivity index is 1.62. The van der Waals surface area contributed by atoms with Crippen molar-refractivity contribution >= 4 is 23.7 Å². The van der Waals surface area contributed by atoms with Crippen molar-refractivity contribution in [1.29, 1.82) is 0 Å². The maximum atomic E-state index is 13.1. The van der Waals surface area contributed by atoms with Crippen molar-refractivity contribution < 1.29 is 14.4 Å². The molecule has 0 bridgehead atoms. The van der Waals surface area contributed by atoms with Crippen molar-refractivity contribution in [2.45, 2.75) is 19.8 Å². The van der Waals surface area contributed by atoms with Crippen molar-refractivity contribution in [2.24, 2.45) is 5.92 Å². The van der Waals surface area contributed by atoms with Crippen molar-refractivity contribution in [3.63, 3.8) is 0 Å². The number of hydrogen-bond acceptors (Lipinski definition) is 4. The van der Waals surface area contributed by atoms with Gasteiger partial charge in [-0.05, 0) is 30.9 Å². The molecule has 0 N–H and O–H groups in total. The number of fused-ring (bicyclic) bond motifs is 1. The first-order valence-corrected chi connectivity index (χ1v) is 9.83. The molecule has 2 aromatic heterocycles. The van der Waals surface area contributed by atoms with Crippen LogP contribution >= 0.6 is 0 Å². The van der Waals surface area contributed by atoms with Gasteiger partial charge in [0, 0.05) is 45.5 Å². The number of piperazine rings is 1. The molecule has 148 valence electrons. The highest BCUT2D eigenvalue weighted by Gasteiger charge is 2.30. The Labute approximate surface area is 163 Å². The Morgan fingerprint density at radius 3 is 2.36 bits per heavy atom. The lowest BCUT2D eigenvalue weighted by Gasteiger charge is -2.32. The Morgan fingerprint density at radius 1 is 1.00 bits per heavy atom. The number of piperidine rings is 1. The molecule has 0 aliphatic carbocycles. The summed E-state index contributed by atoms with van der Waals surface area (Å²) in [6.45, 7) is 5.61. The van der Waals surface area contributed by atoms with Gasteiger partial charge in [0.25, 0.3) is 11.8 Å². The summed E-state index contributed by atoms with van der Waals surface area (Å²) in [5, 5.41) is 0. The maximum absolute atomic E-state index is 13.1. The minimum absolute atomic E-state index is 0.127. The smallest absolute Gasteiger partial charge is 0.290 e. The van der Waals surface area contributed by atoms with Gasteiger partial charge in [-0.3, -0.25) is 18.8 Å². The number of nitrogens with zero attached hydrogens (tertiary/aromatic N) is 5. The van der Waals surface area contributed by atoms with E-state index in [1.54, 1.807) is 20.4 Å². The molecule has 2 saturated heterocycles. The number of imidazole rings is 1. The second-order valence-corrected chi connectivity index (χ2v) is 7.65. The van der Waals surface area contributed by atoms with Crippen LogP contribution in [0.3, 0.4) is 0 Å². The molecule has 4 heterocycles. The van der Waals surface area contributed by atoms with Crippen LogP contribution in [0.5, 0.6) is 0 Å². The first kappa shape index (κ1) is 18.5. The molecule has 0 saturated carbocycles. The minimum atomic E-state index is -0.194. The molecule has 2 aromatic rings. The molecule has 0 radical (unpaired) electrons. The van der Waals surface area contributed by atoms with Crippen LogP contribution in [-0.2, 0) is 4.79 Å². The van der Waals surface area contributed by atoms with E-state index in [0.717, 1.165) is 32.3 Å². The highest BCUT2D eigenvalue weighted by molar-refractivity contribution is 6.02. The van der Waals surface area contributed by atoms with Crippen LogP contribution < -0.4 is 0 Å². The molecule has 8 heteroatoms. The van der Waals surface area contributed by atoms with Gasteiger partial charge in [0.1, 0.15) is 0 Å². The van der Waals surface area contributed by atoms with E-state index in [-0.39, 0.29) is 11.8 Å². The molecule has 0 atom stereocenters. The lowest BCUT2D eigenvalue weighted by molar-refractivity contribution is -0.119. The van der Waals surface area contributed by atoms with E-state index in [1.807, 2.05) is 23.1 Å². The average Bonchev–Trinajstić information content (AvgIpc) is 3.13. The molecule has 2 aliphatic rings. The van der Waals surface area contributed by atoms with Crippen molar-refractivity contribution in [3.8, 4) is 0 Å². The summed E-state index contributed by atoms with van der Waals surface area (Å²) in [4.78, 5) is 46.7. The second-order valence-electron chi connectivity index (χ2n) is 7.65. The lowest BCUT2D eigenvalue weighted by Crippen LogP contribution is -2.48. The third-order valence-corrected chi connectivity index (χ3v) is 5.76. The predicted octanol–water partition coefficient (Wildman–Crippen LogP) is 1.12. The topological polar surface area (TPSA) is 78.2 Å². The molecule has 8 nitrogen and oxygen atoms in total. The van der Waals surface area contributed by atoms with Crippen LogP contribution in [0.15, 0.2) is 24.4 Å². The average molecular weight is 383 g/mol. The van der Waals surface area contributed by atoms with E-state index in [0.29, 0.717) is 49.1 Å². The Bertz CT molecular complexity index is 892. The molecule has 28 heavy (non-hydrogen) atoms. The molecule has 0 unspecified atom stereocenters. The largest absolute Gasteiger partial charge is 0.342 e. The van der Waals surface area contributed by atoms with Crippen LogP contribution in [0.2, 0.25) is 0 Å². The SMILES string of the molecule is CC1CCN(C(=O)c2nc(C(=O)N3CCN(C=O)CC3)c3ccccn23)CC1. The van der Waals surface area contributed by atoms with Crippen molar-refractivity contribution in [1.82, 2.24) is 24.1 Å². The zero-order chi connectivity index (χ0) is 19.7. The Kier molecular flexibility index (Phi) is 5.02. The minimum Gasteiger partial charge on any atom is -0.342 e. The lowest BCUT2D eigenvalue weighted by atomic mass is 9.99. The molecular weight excluding hydrogens is 358 g/mol. The highest BCUT2D eigenvalue weighted by atomic mass is 16.2. The predicted molar refractivity (Wildman–Crippen MR) is 103 cm³/mol. The van der Waals surface area contributed by atoms with Crippen LogP contribution in [0, 0.1) is 5.92 Å². The van der Waals surface area contributed by atoms with Crippen molar-refractivity contribution in [2.75, 3.05) is 39.3 Å². The zero-order valence-corrected chi connectivity index (χ0v) is 16.1. The van der Waals surface area contributed by atoms with E-state index in [2.05, 4.69) is 11.9 Å². The molecule has 4 rings (SSSR count). The fourth-order valence-corrected chi connectivity index (χ4v) is 3.88. The van der Waals surface area contributed by atoms with Crippen molar-refractivity contribution in [3.05, 3.63) is 35.9 Å². The number of carbonyl (C=O) groups excluding carboxylic acids is 3. The second kappa shape index (κ2) is 7.61. The summed E-state index contributed by atoms with van der Waals surface area (Å²) in [7, 11) is 0. The van der Waals surface area contributed by atoms with Gasteiger partial charge in [-0.2, -0.15) is 0 Å². The van der Waals surface area contributed by atoms with Gasteiger partial charge in [-0.15, -0.1) is 0 Å². The van der Waals surface area contributed by atoms with Gasteiger partial charge >= 0.3 is 0 Å². The normalized spacial score (nSPS) is 18.5.